The Bertz CT molecular complexity index is 277. The predicted octanol–water partition coefficient (Wildman–Crippen LogP) is -0.379. The van der Waals surface area contributed by atoms with E-state index in [9.17, 15) is 14.4 Å². The number of hydrogen-bond acceptors (Lipinski definition) is 5. The average Bonchev–Trinajstić information content (AvgIpc) is 2.21. The number of carboxylic acid groups (broad SMARTS) is 3. The van der Waals surface area contributed by atoms with Gasteiger partial charge in [-0.3, -0.25) is 19.3 Å². The second kappa shape index (κ2) is 7.91. The summed E-state index contributed by atoms with van der Waals surface area (Å²) in [7, 11) is 0. The molecule has 17 heavy (non-hydrogen) atoms. The zero-order valence-corrected chi connectivity index (χ0v) is 9.97. The van der Waals surface area contributed by atoms with Crippen molar-refractivity contribution in [1.82, 2.24) is 4.90 Å². The predicted molar refractivity (Wildman–Crippen MR) is 61.4 cm³/mol. The summed E-state index contributed by atoms with van der Waals surface area (Å²) in [6, 6.07) is -0.975. The van der Waals surface area contributed by atoms with Crippen LogP contribution < -0.4 is 0 Å². The third kappa shape index (κ3) is 6.80. The van der Waals surface area contributed by atoms with Gasteiger partial charge >= 0.3 is 17.9 Å². The highest BCUT2D eigenvalue weighted by Crippen LogP contribution is 2.05. The third-order valence-electron chi connectivity index (χ3n) is 2.12. The maximum Gasteiger partial charge on any atom is 0.321 e. The van der Waals surface area contributed by atoms with Gasteiger partial charge in [0.1, 0.15) is 6.04 Å². The van der Waals surface area contributed by atoms with Crippen molar-refractivity contribution in [3.8, 4) is 0 Å². The lowest BCUT2D eigenvalue weighted by atomic mass is 10.2. The van der Waals surface area contributed by atoms with E-state index in [0.717, 1.165) is 0 Å². The largest absolute Gasteiger partial charge is 0.481 e. The van der Waals surface area contributed by atoms with Crippen molar-refractivity contribution in [2.24, 2.45) is 0 Å². The van der Waals surface area contributed by atoms with Crippen LogP contribution in [0.1, 0.15) is 12.8 Å². The van der Waals surface area contributed by atoms with Crippen molar-refractivity contribution >= 4 is 30.5 Å². The number of aliphatic carboxylic acids is 3. The molecule has 8 heteroatoms. The van der Waals surface area contributed by atoms with Crippen LogP contribution in [-0.4, -0.2) is 63.0 Å². The molecule has 7 nitrogen and oxygen atoms in total. The Balaban J connectivity index is 4.50. The molecule has 0 unspecified atom stereocenters. The molecule has 0 aromatic carbocycles. The molecule has 0 radical (unpaired) electrons. The fourth-order valence-electron chi connectivity index (χ4n) is 1.25. The molecule has 0 aliphatic heterocycles. The van der Waals surface area contributed by atoms with E-state index >= 15 is 0 Å². The summed E-state index contributed by atoms with van der Waals surface area (Å²) >= 11 is 3.87. The van der Waals surface area contributed by atoms with E-state index in [1.165, 1.54) is 4.90 Å². The summed E-state index contributed by atoms with van der Waals surface area (Å²) in [5.74, 6) is -3.27. The Morgan fingerprint density at radius 1 is 1.00 bits per heavy atom. The molecular formula is C9H15NO6S. The van der Waals surface area contributed by atoms with Gasteiger partial charge in [0.15, 0.2) is 0 Å². The van der Waals surface area contributed by atoms with E-state index in [2.05, 4.69) is 12.6 Å². The van der Waals surface area contributed by atoms with Gasteiger partial charge in [0.05, 0.1) is 12.8 Å². The summed E-state index contributed by atoms with van der Waals surface area (Å²) in [5.41, 5.74) is 0. The molecule has 0 heterocycles. The second-order valence-electron chi connectivity index (χ2n) is 3.36. The minimum Gasteiger partial charge on any atom is -0.481 e. The Labute approximate surface area is 103 Å². The van der Waals surface area contributed by atoms with Gasteiger partial charge in [-0.1, -0.05) is 0 Å². The summed E-state index contributed by atoms with van der Waals surface area (Å²) in [6.07, 6.45) is -0.478. The lowest BCUT2D eigenvalue weighted by Gasteiger charge is -2.26. The van der Waals surface area contributed by atoms with Crippen LogP contribution in [0.5, 0.6) is 0 Å². The molecule has 0 saturated heterocycles. The van der Waals surface area contributed by atoms with Crippen LogP contribution in [0.2, 0.25) is 0 Å². The Morgan fingerprint density at radius 3 is 1.65 bits per heavy atom. The fraction of sp³-hybridized carbons (Fsp3) is 0.667. The topological polar surface area (TPSA) is 115 Å². The van der Waals surface area contributed by atoms with Crippen molar-refractivity contribution in [3.05, 3.63) is 0 Å². The summed E-state index contributed by atoms with van der Waals surface area (Å²) in [5, 5.41) is 25.9. The number of hydrogen-bond donors (Lipinski definition) is 4. The molecule has 0 amide bonds. The zero-order valence-electron chi connectivity index (χ0n) is 9.07. The SMILES string of the molecule is O=C(O)CCN(CCC(=O)O)[C@@H](CS)C(=O)O. The van der Waals surface area contributed by atoms with Crippen LogP contribution in [0.25, 0.3) is 0 Å². The highest BCUT2D eigenvalue weighted by Gasteiger charge is 2.24. The molecule has 98 valence electrons. The van der Waals surface area contributed by atoms with E-state index < -0.39 is 23.9 Å². The van der Waals surface area contributed by atoms with E-state index in [-0.39, 0.29) is 31.7 Å². The maximum atomic E-state index is 10.9. The molecule has 0 spiro atoms. The summed E-state index contributed by atoms with van der Waals surface area (Å²) < 4.78 is 0. The number of carboxylic acids is 3. The number of thiol groups is 1. The average molecular weight is 265 g/mol. The standard InChI is InChI=1S/C9H15NO6S/c11-7(12)1-3-10(4-2-8(13)14)6(5-17)9(15)16/h6,17H,1-5H2,(H,11,12)(H,13,14)(H,15,16)/t6-/m0/s1. The summed E-state index contributed by atoms with van der Waals surface area (Å²) in [4.78, 5) is 33.0. The van der Waals surface area contributed by atoms with Crippen LogP contribution in [-0.2, 0) is 14.4 Å². The third-order valence-corrected chi connectivity index (χ3v) is 2.47. The maximum absolute atomic E-state index is 10.9. The molecule has 0 aromatic rings. The monoisotopic (exact) mass is 265 g/mol. The van der Waals surface area contributed by atoms with Crippen molar-refractivity contribution in [3.63, 3.8) is 0 Å². The van der Waals surface area contributed by atoms with Crippen LogP contribution in [0.15, 0.2) is 0 Å². The molecule has 3 N–H and O–H groups in total. The lowest BCUT2D eigenvalue weighted by Crippen LogP contribution is -2.44. The van der Waals surface area contributed by atoms with Gasteiger partial charge < -0.3 is 15.3 Å². The molecular weight excluding hydrogens is 250 g/mol. The van der Waals surface area contributed by atoms with Crippen LogP contribution >= 0.6 is 12.6 Å². The molecule has 0 saturated carbocycles. The minimum absolute atomic E-state index is 0.00539. The normalized spacial score (nSPS) is 12.4. The quantitative estimate of drug-likeness (QED) is 0.420. The minimum atomic E-state index is -1.14. The first-order valence-electron chi connectivity index (χ1n) is 4.89. The van der Waals surface area contributed by atoms with Gasteiger partial charge in [-0.25, -0.2) is 0 Å². The smallest absolute Gasteiger partial charge is 0.321 e. The van der Waals surface area contributed by atoms with Gasteiger partial charge in [-0.15, -0.1) is 0 Å². The molecule has 0 aliphatic rings. The van der Waals surface area contributed by atoms with Crippen molar-refractivity contribution in [2.45, 2.75) is 18.9 Å². The Hall–Kier alpha value is -1.28. The van der Waals surface area contributed by atoms with Gasteiger partial charge in [-0.2, -0.15) is 12.6 Å². The fourth-order valence-corrected chi connectivity index (χ4v) is 1.64. The second-order valence-corrected chi connectivity index (χ2v) is 3.73. The highest BCUT2D eigenvalue weighted by molar-refractivity contribution is 7.80. The zero-order chi connectivity index (χ0) is 13.4. The van der Waals surface area contributed by atoms with Crippen LogP contribution in [0, 0.1) is 0 Å². The summed E-state index contributed by atoms with van der Waals surface area (Å²) in [6.45, 7) is -0.0275. The highest BCUT2D eigenvalue weighted by atomic mass is 32.1. The number of nitrogens with zero attached hydrogens (tertiary/aromatic N) is 1. The molecule has 0 bridgehead atoms. The van der Waals surface area contributed by atoms with Gasteiger partial charge in [0.2, 0.25) is 0 Å². The van der Waals surface area contributed by atoms with Gasteiger partial charge in [-0.05, 0) is 0 Å². The Kier molecular flexibility index (Phi) is 7.31. The van der Waals surface area contributed by atoms with Crippen molar-refractivity contribution in [1.29, 1.82) is 0 Å². The molecule has 0 rings (SSSR count). The molecule has 0 aliphatic carbocycles. The first-order valence-corrected chi connectivity index (χ1v) is 5.53. The van der Waals surface area contributed by atoms with E-state index in [1.807, 2.05) is 0 Å². The van der Waals surface area contributed by atoms with Crippen LogP contribution in [0.4, 0.5) is 0 Å². The first-order chi connectivity index (χ1) is 7.88. The van der Waals surface area contributed by atoms with Crippen LogP contribution in [0.3, 0.4) is 0 Å². The van der Waals surface area contributed by atoms with Crippen molar-refractivity contribution in [2.75, 3.05) is 18.8 Å². The van der Waals surface area contributed by atoms with E-state index in [0.29, 0.717) is 0 Å². The van der Waals surface area contributed by atoms with Crippen molar-refractivity contribution < 1.29 is 29.7 Å². The molecule has 1 atom stereocenters. The number of rotatable bonds is 9. The lowest BCUT2D eigenvalue weighted by molar-refractivity contribution is -0.145. The number of carbonyl (C=O) groups is 3. The van der Waals surface area contributed by atoms with E-state index in [4.69, 9.17) is 15.3 Å². The molecule has 0 aromatic heterocycles. The molecule has 0 fully saturated rings. The Morgan fingerprint density at radius 2 is 1.41 bits per heavy atom. The van der Waals surface area contributed by atoms with Gasteiger partial charge in [0.25, 0.3) is 0 Å². The van der Waals surface area contributed by atoms with Gasteiger partial charge in [0, 0.05) is 18.8 Å². The first kappa shape index (κ1) is 15.7. The van der Waals surface area contributed by atoms with E-state index in [1.54, 1.807) is 0 Å².